The molecule has 19 heavy (non-hydrogen) atoms. The Morgan fingerprint density at radius 3 is 2.47 bits per heavy atom. The second-order valence-corrected chi connectivity index (χ2v) is 4.04. The number of halogens is 2. The highest BCUT2D eigenvalue weighted by Crippen LogP contribution is 2.19. The van der Waals surface area contributed by atoms with Gasteiger partial charge in [-0.15, -0.1) is 0 Å². The highest BCUT2D eigenvalue weighted by molar-refractivity contribution is 5.82. The van der Waals surface area contributed by atoms with Crippen LogP contribution in [0.25, 0.3) is 0 Å². The summed E-state index contributed by atoms with van der Waals surface area (Å²) in [6.45, 7) is -0.282. The minimum absolute atomic E-state index is 0.199. The van der Waals surface area contributed by atoms with Crippen LogP contribution in [-0.2, 0) is 11.2 Å². The summed E-state index contributed by atoms with van der Waals surface area (Å²) in [6.07, 6.45) is 0.206. The lowest BCUT2D eigenvalue weighted by atomic mass is 10.1. The van der Waals surface area contributed by atoms with Crippen molar-refractivity contribution in [3.8, 4) is 5.75 Å². The number of rotatable bonds is 5. The quantitative estimate of drug-likeness (QED) is 0.827. The van der Waals surface area contributed by atoms with Crippen molar-refractivity contribution in [1.82, 2.24) is 0 Å². The van der Waals surface area contributed by atoms with E-state index in [0.717, 1.165) is 11.6 Å². The Kier molecular flexibility index (Phi) is 4.23. The summed E-state index contributed by atoms with van der Waals surface area (Å²) < 4.78 is 31.2. The Morgan fingerprint density at radius 1 is 1.00 bits per heavy atom. The van der Waals surface area contributed by atoms with Gasteiger partial charge in [-0.1, -0.05) is 36.4 Å². The molecule has 98 valence electrons. The van der Waals surface area contributed by atoms with Crippen LogP contribution in [0.2, 0.25) is 0 Å². The maximum atomic E-state index is 13.3. The van der Waals surface area contributed by atoms with Crippen molar-refractivity contribution in [3.63, 3.8) is 0 Å². The van der Waals surface area contributed by atoms with Crippen LogP contribution in [0.3, 0.4) is 0 Å². The monoisotopic (exact) mass is 262 g/mol. The van der Waals surface area contributed by atoms with E-state index in [9.17, 15) is 13.6 Å². The number of Topliss-reactive ketones (excluding diaryl/α,β-unsaturated/α-hetero) is 1. The molecular weight excluding hydrogens is 250 g/mol. The van der Waals surface area contributed by atoms with E-state index in [2.05, 4.69) is 0 Å². The number of carbonyl (C=O) groups is 1. The van der Waals surface area contributed by atoms with Crippen LogP contribution in [0.1, 0.15) is 5.56 Å². The van der Waals surface area contributed by atoms with Crippen LogP contribution in [0, 0.1) is 11.6 Å². The molecule has 0 atom stereocenters. The molecule has 2 aromatic rings. The maximum Gasteiger partial charge on any atom is 0.200 e. The molecule has 0 aliphatic heterocycles. The lowest BCUT2D eigenvalue weighted by molar-refractivity contribution is -0.120. The van der Waals surface area contributed by atoms with Gasteiger partial charge >= 0.3 is 0 Å². The van der Waals surface area contributed by atoms with Crippen LogP contribution < -0.4 is 4.74 Å². The van der Waals surface area contributed by atoms with Crippen molar-refractivity contribution in [2.75, 3.05) is 6.61 Å². The number of hydrogen-bond donors (Lipinski definition) is 0. The first-order chi connectivity index (χ1) is 9.16. The van der Waals surface area contributed by atoms with Gasteiger partial charge in [-0.2, -0.15) is 4.39 Å². The highest BCUT2D eigenvalue weighted by atomic mass is 19.2. The molecule has 2 rings (SSSR count). The standard InChI is InChI=1S/C15H12F2O2/c16-13-7-4-8-14(15(13)17)19-10-12(18)9-11-5-2-1-3-6-11/h1-8H,9-10H2. The average molecular weight is 262 g/mol. The average Bonchev–Trinajstić information content (AvgIpc) is 2.42. The fourth-order valence-corrected chi connectivity index (χ4v) is 1.63. The van der Waals surface area contributed by atoms with Gasteiger partial charge in [0.05, 0.1) is 0 Å². The largest absolute Gasteiger partial charge is 0.483 e. The first-order valence-electron chi connectivity index (χ1n) is 5.79. The lowest BCUT2D eigenvalue weighted by Gasteiger charge is -2.06. The number of ether oxygens (including phenoxy) is 1. The van der Waals surface area contributed by atoms with E-state index < -0.39 is 11.6 Å². The topological polar surface area (TPSA) is 26.3 Å². The summed E-state index contributed by atoms with van der Waals surface area (Å²) in [5.74, 6) is -2.51. The Hall–Kier alpha value is -2.23. The Morgan fingerprint density at radius 2 is 1.74 bits per heavy atom. The molecule has 0 aliphatic carbocycles. The summed E-state index contributed by atoms with van der Waals surface area (Å²) in [4.78, 5) is 11.6. The molecule has 0 aliphatic rings. The molecule has 4 heteroatoms. The summed E-state index contributed by atoms with van der Waals surface area (Å²) >= 11 is 0. The Labute approximate surface area is 109 Å². The smallest absolute Gasteiger partial charge is 0.200 e. The van der Waals surface area contributed by atoms with Crippen molar-refractivity contribution in [1.29, 1.82) is 0 Å². The molecule has 0 heterocycles. The zero-order valence-corrected chi connectivity index (χ0v) is 10.1. The number of ketones is 1. The Bertz CT molecular complexity index is 568. The van der Waals surface area contributed by atoms with Crippen LogP contribution in [-0.4, -0.2) is 12.4 Å². The van der Waals surface area contributed by atoms with E-state index in [1.54, 1.807) is 0 Å². The maximum absolute atomic E-state index is 13.3. The zero-order valence-electron chi connectivity index (χ0n) is 10.1. The van der Waals surface area contributed by atoms with Crippen LogP contribution in [0.15, 0.2) is 48.5 Å². The zero-order chi connectivity index (χ0) is 13.7. The summed E-state index contributed by atoms with van der Waals surface area (Å²) in [6, 6.07) is 12.8. The summed E-state index contributed by atoms with van der Waals surface area (Å²) in [5, 5.41) is 0. The summed E-state index contributed by atoms with van der Waals surface area (Å²) in [5.41, 5.74) is 0.857. The fraction of sp³-hybridized carbons (Fsp3) is 0.133. The van der Waals surface area contributed by atoms with Gasteiger partial charge in [-0.3, -0.25) is 4.79 Å². The first-order valence-corrected chi connectivity index (χ1v) is 5.79. The van der Waals surface area contributed by atoms with Gasteiger partial charge in [0.25, 0.3) is 0 Å². The molecular formula is C15H12F2O2. The predicted molar refractivity (Wildman–Crippen MR) is 67.0 cm³/mol. The molecule has 0 N–H and O–H groups in total. The number of hydrogen-bond acceptors (Lipinski definition) is 2. The van der Waals surface area contributed by atoms with Crippen LogP contribution in [0.5, 0.6) is 5.75 Å². The third kappa shape index (κ3) is 3.61. The summed E-state index contributed by atoms with van der Waals surface area (Å²) in [7, 11) is 0. The van der Waals surface area contributed by atoms with E-state index in [4.69, 9.17) is 4.74 Å². The van der Waals surface area contributed by atoms with Crippen molar-refractivity contribution in [2.24, 2.45) is 0 Å². The normalized spacial score (nSPS) is 10.2. The van der Waals surface area contributed by atoms with Gasteiger partial charge in [0.2, 0.25) is 5.82 Å². The molecule has 2 aromatic carbocycles. The van der Waals surface area contributed by atoms with Gasteiger partial charge in [-0.25, -0.2) is 4.39 Å². The molecule has 0 bridgehead atoms. The van der Waals surface area contributed by atoms with Crippen molar-refractivity contribution < 1.29 is 18.3 Å². The second-order valence-electron chi connectivity index (χ2n) is 4.04. The van der Waals surface area contributed by atoms with Crippen LogP contribution in [0.4, 0.5) is 8.78 Å². The number of benzene rings is 2. The first kappa shape index (κ1) is 13.2. The van der Waals surface area contributed by atoms with Gasteiger partial charge < -0.3 is 4.74 Å². The van der Waals surface area contributed by atoms with Gasteiger partial charge in [0, 0.05) is 6.42 Å². The molecule has 2 nitrogen and oxygen atoms in total. The molecule has 0 fully saturated rings. The fourth-order valence-electron chi connectivity index (χ4n) is 1.63. The second kappa shape index (κ2) is 6.09. The van der Waals surface area contributed by atoms with Crippen molar-refractivity contribution in [3.05, 3.63) is 65.7 Å². The molecule has 0 radical (unpaired) electrons. The van der Waals surface area contributed by atoms with Crippen molar-refractivity contribution >= 4 is 5.78 Å². The van der Waals surface area contributed by atoms with Crippen LogP contribution >= 0.6 is 0 Å². The van der Waals surface area contributed by atoms with Gasteiger partial charge in [0.15, 0.2) is 17.3 Å². The SMILES string of the molecule is O=C(COc1cccc(F)c1F)Cc1ccccc1. The minimum atomic E-state index is -1.07. The number of carbonyl (C=O) groups excluding carboxylic acids is 1. The minimum Gasteiger partial charge on any atom is -0.483 e. The van der Waals surface area contributed by atoms with E-state index in [0.29, 0.717) is 0 Å². The molecule has 0 aromatic heterocycles. The van der Waals surface area contributed by atoms with Crippen molar-refractivity contribution in [2.45, 2.75) is 6.42 Å². The molecule has 0 unspecified atom stereocenters. The third-order valence-electron chi connectivity index (χ3n) is 2.55. The van der Waals surface area contributed by atoms with E-state index in [1.807, 2.05) is 30.3 Å². The lowest BCUT2D eigenvalue weighted by Crippen LogP contribution is -2.14. The molecule has 0 saturated heterocycles. The van der Waals surface area contributed by atoms with Gasteiger partial charge in [-0.05, 0) is 17.7 Å². The molecule has 0 saturated carbocycles. The van der Waals surface area contributed by atoms with E-state index >= 15 is 0 Å². The van der Waals surface area contributed by atoms with Gasteiger partial charge in [0.1, 0.15) is 6.61 Å². The Balaban J connectivity index is 1.92. The third-order valence-corrected chi connectivity index (χ3v) is 2.55. The van der Waals surface area contributed by atoms with E-state index in [-0.39, 0.29) is 24.6 Å². The predicted octanol–water partition coefficient (Wildman–Crippen LogP) is 3.16. The highest BCUT2D eigenvalue weighted by Gasteiger charge is 2.10. The molecule has 0 amide bonds. The van der Waals surface area contributed by atoms with E-state index in [1.165, 1.54) is 12.1 Å². The molecule has 0 spiro atoms.